The summed E-state index contributed by atoms with van der Waals surface area (Å²) >= 11 is 5.64. The Hall–Kier alpha value is 0.330. The summed E-state index contributed by atoms with van der Waals surface area (Å²) in [5, 5.41) is 4.57. The molecule has 0 aliphatic carbocycles. The smallest absolute Gasteiger partial charge is 0.0700 e. The lowest BCUT2D eigenvalue weighted by molar-refractivity contribution is 0.0520. The average Bonchev–Trinajstić information content (AvgIpc) is 2.39. The van der Waals surface area contributed by atoms with Crippen molar-refractivity contribution in [2.75, 3.05) is 20.6 Å². The highest BCUT2D eigenvalue weighted by Crippen LogP contribution is 2.45. The molecule has 0 saturated heterocycles. The van der Waals surface area contributed by atoms with Gasteiger partial charge in [-0.3, -0.25) is 0 Å². The summed E-state index contributed by atoms with van der Waals surface area (Å²) in [5.41, 5.74) is 1.51. The lowest BCUT2D eigenvalue weighted by Crippen LogP contribution is -2.39. The first-order valence-electron chi connectivity index (χ1n) is 4.16. The van der Waals surface area contributed by atoms with Crippen LogP contribution < -0.4 is 0 Å². The van der Waals surface area contributed by atoms with Gasteiger partial charge in [0, 0.05) is 37.7 Å². The molecule has 1 unspecified atom stereocenters. The third kappa shape index (κ3) is 1.40. The fourth-order valence-electron chi connectivity index (χ4n) is 1.67. The largest absolute Gasteiger partial charge is 0.312 e. The minimum absolute atomic E-state index is 0.608. The Bertz CT molecular complexity index is 229. The van der Waals surface area contributed by atoms with Gasteiger partial charge in [-0.2, -0.15) is 0 Å². The molecule has 1 atom stereocenters. The van der Waals surface area contributed by atoms with Gasteiger partial charge in [0.2, 0.25) is 0 Å². The molecule has 2 aliphatic rings. The van der Waals surface area contributed by atoms with Gasteiger partial charge in [0.15, 0.2) is 0 Å². The van der Waals surface area contributed by atoms with E-state index in [4.69, 9.17) is 0 Å². The van der Waals surface area contributed by atoms with Crippen molar-refractivity contribution in [1.29, 1.82) is 0 Å². The first-order chi connectivity index (χ1) is 5.68. The van der Waals surface area contributed by atoms with E-state index in [9.17, 15) is 0 Å². The van der Waals surface area contributed by atoms with Gasteiger partial charge in [-0.15, -0.1) is 11.8 Å². The van der Waals surface area contributed by atoms with Crippen LogP contribution in [0.25, 0.3) is 0 Å². The fraction of sp³-hybridized carbons (Fsp3) is 0.750. The molecule has 0 aromatic heterocycles. The molecule has 0 spiro atoms. The molecular weight excluding hydrogens is 236 g/mol. The van der Waals surface area contributed by atoms with Crippen LogP contribution >= 0.6 is 27.7 Å². The quantitative estimate of drug-likeness (QED) is 0.608. The van der Waals surface area contributed by atoms with Gasteiger partial charge in [-0.25, -0.2) is 5.01 Å². The highest BCUT2D eigenvalue weighted by Gasteiger charge is 2.29. The van der Waals surface area contributed by atoms with E-state index >= 15 is 0 Å². The molecule has 0 N–H and O–H groups in total. The van der Waals surface area contributed by atoms with Crippen molar-refractivity contribution in [3.8, 4) is 0 Å². The zero-order valence-electron chi connectivity index (χ0n) is 7.38. The van der Waals surface area contributed by atoms with Gasteiger partial charge in [0.25, 0.3) is 0 Å². The summed E-state index contributed by atoms with van der Waals surface area (Å²) in [5.74, 6) is 0. The van der Waals surface area contributed by atoms with E-state index in [2.05, 4.69) is 40.0 Å². The lowest BCUT2D eigenvalue weighted by Gasteiger charge is -2.35. The van der Waals surface area contributed by atoms with Crippen molar-refractivity contribution in [2.24, 2.45) is 0 Å². The molecule has 0 saturated carbocycles. The zero-order chi connectivity index (χ0) is 8.72. The van der Waals surface area contributed by atoms with Crippen LogP contribution in [0.2, 0.25) is 0 Å². The summed E-state index contributed by atoms with van der Waals surface area (Å²) in [4.78, 5) is 1.58. The van der Waals surface area contributed by atoms with Crippen LogP contribution in [0.5, 0.6) is 0 Å². The SMILES string of the molecule is CN1CCC2=C(CC(Br)S2)N1C. The highest BCUT2D eigenvalue weighted by atomic mass is 79.9. The van der Waals surface area contributed by atoms with Crippen LogP contribution in [0.1, 0.15) is 12.8 Å². The highest BCUT2D eigenvalue weighted by molar-refractivity contribution is 9.11. The van der Waals surface area contributed by atoms with E-state index in [1.165, 1.54) is 18.5 Å². The fourth-order valence-corrected chi connectivity index (χ4v) is 3.76. The van der Waals surface area contributed by atoms with Crippen molar-refractivity contribution < 1.29 is 0 Å². The van der Waals surface area contributed by atoms with Gasteiger partial charge in [0.1, 0.15) is 0 Å². The van der Waals surface area contributed by atoms with Gasteiger partial charge in [-0.1, -0.05) is 15.9 Å². The number of nitrogens with zero attached hydrogens (tertiary/aromatic N) is 2. The van der Waals surface area contributed by atoms with Crippen LogP contribution in [0.3, 0.4) is 0 Å². The van der Waals surface area contributed by atoms with Crippen molar-refractivity contribution in [1.82, 2.24) is 10.0 Å². The van der Waals surface area contributed by atoms with Crippen LogP contribution in [0.15, 0.2) is 10.6 Å². The molecule has 4 heteroatoms. The third-order valence-electron chi connectivity index (χ3n) is 2.51. The number of halogens is 1. The second kappa shape index (κ2) is 3.24. The minimum atomic E-state index is 0.608. The van der Waals surface area contributed by atoms with Gasteiger partial charge >= 0.3 is 0 Å². The maximum absolute atomic E-state index is 3.65. The van der Waals surface area contributed by atoms with Crippen LogP contribution in [0, 0.1) is 0 Å². The van der Waals surface area contributed by atoms with Crippen molar-refractivity contribution in [3.05, 3.63) is 10.6 Å². The molecule has 0 fully saturated rings. The Morgan fingerprint density at radius 1 is 1.50 bits per heavy atom. The molecule has 0 radical (unpaired) electrons. The Morgan fingerprint density at radius 2 is 2.25 bits per heavy atom. The molecule has 0 bridgehead atoms. The topological polar surface area (TPSA) is 6.48 Å². The number of allylic oxidation sites excluding steroid dienone is 1. The number of rotatable bonds is 0. The zero-order valence-corrected chi connectivity index (χ0v) is 9.78. The molecular formula is C8H13BrN2S. The number of alkyl halides is 1. The second-order valence-corrected chi connectivity index (χ2v) is 6.27. The first-order valence-corrected chi connectivity index (χ1v) is 5.95. The van der Waals surface area contributed by atoms with Crippen LogP contribution in [-0.2, 0) is 0 Å². The van der Waals surface area contributed by atoms with E-state index < -0.39 is 0 Å². The van der Waals surface area contributed by atoms with Gasteiger partial charge in [0.05, 0.1) is 4.16 Å². The molecule has 0 amide bonds. The summed E-state index contributed by atoms with van der Waals surface area (Å²) in [6, 6.07) is 0. The predicted molar refractivity (Wildman–Crippen MR) is 57.0 cm³/mol. The van der Waals surface area contributed by atoms with Gasteiger partial charge < -0.3 is 5.01 Å². The van der Waals surface area contributed by atoms with Gasteiger partial charge in [-0.05, 0) is 6.42 Å². The van der Waals surface area contributed by atoms with E-state index in [1.807, 2.05) is 11.8 Å². The summed E-state index contributed by atoms with van der Waals surface area (Å²) in [6.45, 7) is 1.15. The molecule has 12 heavy (non-hydrogen) atoms. The van der Waals surface area contributed by atoms with Crippen molar-refractivity contribution in [2.45, 2.75) is 17.0 Å². The number of hydrazine groups is 1. The average molecular weight is 249 g/mol. The Balaban J connectivity index is 2.20. The second-order valence-electron chi connectivity index (χ2n) is 3.26. The summed E-state index contributed by atoms with van der Waals surface area (Å²) in [7, 11) is 4.30. The molecule has 2 heterocycles. The number of hydrogen-bond acceptors (Lipinski definition) is 3. The molecule has 0 aromatic carbocycles. The Kier molecular flexibility index (Phi) is 2.40. The number of thioether (sulfide) groups is 1. The molecule has 2 nitrogen and oxygen atoms in total. The molecule has 0 aromatic rings. The lowest BCUT2D eigenvalue weighted by atomic mass is 10.2. The van der Waals surface area contributed by atoms with Crippen molar-refractivity contribution in [3.63, 3.8) is 0 Å². The standard InChI is InChI=1S/C8H13BrN2S/c1-10-4-3-7-6(11(10)2)5-8(9)12-7/h8H,3-5H2,1-2H3. The summed E-state index contributed by atoms with van der Waals surface area (Å²) < 4.78 is 0.608. The predicted octanol–water partition coefficient (Wildman–Crippen LogP) is 2.24. The van der Waals surface area contributed by atoms with Crippen LogP contribution in [-0.4, -0.2) is 34.8 Å². The molecule has 2 aliphatic heterocycles. The van der Waals surface area contributed by atoms with E-state index in [0.29, 0.717) is 4.16 Å². The van der Waals surface area contributed by atoms with Crippen LogP contribution in [0.4, 0.5) is 0 Å². The Morgan fingerprint density at radius 3 is 3.00 bits per heavy atom. The Labute approximate surface area is 86.1 Å². The molecule has 2 rings (SSSR count). The summed E-state index contributed by atoms with van der Waals surface area (Å²) in [6.07, 6.45) is 2.39. The third-order valence-corrected chi connectivity index (χ3v) is 4.54. The monoisotopic (exact) mass is 248 g/mol. The molecule has 68 valence electrons. The first kappa shape index (κ1) is 8.91. The van der Waals surface area contributed by atoms with E-state index in [0.717, 1.165) is 6.54 Å². The van der Waals surface area contributed by atoms with E-state index in [1.54, 1.807) is 4.91 Å². The maximum atomic E-state index is 3.65. The van der Waals surface area contributed by atoms with Crippen molar-refractivity contribution >= 4 is 27.7 Å². The normalized spacial score (nSPS) is 31.2. The maximum Gasteiger partial charge on any atom is 0.0700 e. The minimum Gasteiger partial charge on any atom is -0.312 e. The van der Waals surface area contributed by atoms with E-state index in [-0.39, 0.29) is 0 Å². The number of hydrogen-bond donors (Lipinski definition) is 0.